The molecule has 0 saturated carbocycles. The van der Waals surface area contributed by atoms with Crippen LogP contribution in [-0.2, 0) is 23.8 Å². The summed E-state index contributed by atoms with van der Waals surface area (Å²) in [6, 6.07) is 3.00. The van der Waals surface area contributed by atoms with E-state index < -0.39 is 29.1 Å². The van der Waals surface area contributed by atoms with Gasteiger partial charge in [-0.05, 0) is 31.0 Å². The van der Waals surface area contributed by atoms with Gasteiger partial charge in [0.1, 0.15) is 5.54 Å². The van der Waals surface area contributed by atoms with Gasteiger partial charge in [-0.2, -0.15) is 5.10 Å². The molecule has 126 valence electrons. The monoisotopic (exact) mass is 334 g/mol. The second-order valence-corrected chi connectivity index (χ2v) is 5.91. The lowest BCUT2D eigenvalue weighted by Crippen LogP contribution is -2.40. The van der Waals surface area contributed by atoms with E-state index in [9.17, 15) is 18.4 Å². The number of nitrogens with one attached hydrogen (secondary N) is 1. The van der Waals surface area contributed by atoms with Crippen LogP contribution in [0.1, 0.15) is 18.1 Å². The van der Waals surface area contributed by atoms with Gasteiger partial charge in [0.05, 0.1) is 6.20 Å². The van der Waals surface area contributed by atoms with Crippen molar-refractivity contribution in [3.8, 4) is 0 Å². The van der Waals surface area contributed by atoms with Gasteiger partial charge in [-0.3, -0.25) is 14.4 Å². The molecule has 1 atom stereocenters. The molecule has 0 aliphatic carbocycles. The van der Waals surface area contributed by atoms with Crippen LogP contribution in [-0.4, -0.2) is 33.2 Å². The van der Waals surface area contributed by atoms with E-state index in [1.165, 1.54) is 12.3 Å². The maximum Gasteiger partial charge on any atom is 0.325 e. The Balaban J connectivity index is 1.76. The Morgan fingerprint density at radius 1 is 1.25 bits per heavy atom. The lowest BCUT2D eigenvalue weighted by Gasteiger charge is -2.20. The molecular weight excluding hydrogens is 318 g/mol. The third-order valence-electron chi connectivity index (χ3n) is 4.17. The molecule has 1 fully saturated rings. The zero-order valence-electron chi connectivity index (χ0n) is 13.2. The molecule has 0 radical (unpaired) electrons. The van der Waals surface area contributed by atoms with E-state index in [2.05, 4.69) is 10.4 Å². The lowest BCUT2D eigenvalue weighted by atomic mass is 9.95. The summed E-state index contributed by atoms with van der Waals surface area (Å²) in [5, 5.41) is 6.69. The van der Waals surface area contributed by atoms with Crippen LogP contribution in [0, 0.1) is 11.6 Å². The highest BCUT2D eigenvalue weighted by Crippen LogP contribution is 2.28. The summed E-state index contributed by atoms with van der Waals surface area (Å²) in [5.74, 6) is -2.29. The van der Waals surface area contributed by atoms with E-state index in [1.54, 1.807) is 24.9 Å². The minimum absolute atomic E-state index is 0.0750. The van der Waals surface area contributed by atoms with Crippen molar-refractivity contribution in [3.63, 3.8) is 0 Å². The molecule has 6 nitrogen and oxygen atoms in total. The van der Waals surface area contributed by atoms with Gasteiger partial charge in [0.2, 0.25) is 0 Å². The third-order valence-corrected chi connectivity index (χ3v) is 4.17. The van der Waals surface area contributed by atoms with Crippen molar-refractivity contribution < 1.29 is 18.4 Å². The Hall–Kier alpha value is -2.77. The Morgan fingerprint density at radius 2 is 2.00 bits per heavy atom. The van der Waals surface area contributed by atoms with Gasteiger partial charge in [-0.15, -0.1) is 0 Å². The molecule has 3 amide bonds. The molecule has 1 N–H and O–H groups in total. The summed E-state index contributed by atoms with van der Waals surface area (Å²) in [6.45, 7) is 1.69. The molecule has 8 heteroatoms. The molecule has 2 aromatic rings. The average Bonchev–Trinajstić information content (AvgIpc) is 3.05. The fraction of sp³-hybridized carbons (Fsp3) is 0.312. The largest absolute Gasteiger partial charge is 0.325 e. The SMILES string of the molecule is Cn1cc(C2(C)NC(=O)N(CCc3ccc(F)c(F)c3)C2=O)cn1. The van der Waals surface area contributed by atoms with Crippen LogP contribution in [0.2, 0.25) is 0 Å². The van der Waals surface area contributed by atoms with E-state index in [-0.39, 0.29) is 13.0 Å². The average molecular weight is 334 g/mol. The molecular formula is C16H16F2N4O2. The van der Waals surface area contributed by atoms with E-state index in [0.29, 0.717) is 11.1 Å². The molecule has 1 aromatic heterocycles. The van der Waals surface area contributed by atoms with E-state index in [0.717, 1.165) is 17.0 Å². The van der Waals surface area contributed by atoms with Gasteiger partial charge in [0.15, 0.2) is 11.6 Å². The molecule has 0 spiro atoms. The first-order chi connectivity index (χ1) is 11.3. The number of carbonyl (C=O) groups is 2. The summed E-state index contributed by atoms with van der Waals surface area (Å²) < 4.78 is 27.7. The van der Waals surface area contributed by atoms with E-state index in [1.807, 2.05) is 0 Å². The molecule has 1 aromatic carbocycles. The van der Waals surface area contributed by atoms with E-state index >= 15 is 0 Å². The van der Waals surface area contributed by atoms with Gasteiger partial charge in [-0.1, -0.05) is 6.07 Å². The van der Waals surface area contributed by atoms with Crippen molar-refractivity contribution in [2.24, 2.45) is 7.05 Å². The highest BCUT2D eigenvalue weighted by Gasteiger charge is 2.49. The molecule has 1 unspecified atom stereocenters. The second-order valence-electron chi connectivity index (χ2n) is 5.91. The van der Waals surface area contributed by atoms with Crippen LogP contribution in [0.5, 0.6) is 0 Å². The topological polar surface area (TPSA) is 67.2 Å². The van der Waals surface area contributed by atoms with Crippen LogP contribution in [0.4, 0.5) is 13.6 Å². The molecule has 24 heavy (non-hydrogen) atoms. The minimum atomic E-state index is -1.18. The number of rotatable bonds is 4. The van der Waals surface area contributed by atoms with Crippen LogP contribution >= 0.6 is 0 Å². The second kappa shape index (κ2) is 5.70. The number of halogens is 2. The zero-order valence-corrected chi connectivity index (χ0v) is 13.2. The van der Waals surface area contributed by atoms with Crippen molar-refractivity contribution >= 4 is 11.9 Å². The number of hydrogen-bond donors (Lipinski definition) is 1. The number of hydrogen-bond acceptors (Lipinski definition) is 3. The molecule has 1 saturated heterocycles. The lowest BCUT2D eigenvalue weighted by molar-refractivity contribution is -0.131. The standard InChI is InChI=1S/C16H16F2N4O2/c1-16(11-8-19-21(2)9-11)14(23)22(15(24)20-16)6-5-10-3-4-12(17)13(18)7-10/h3-4,7-9H,5-6H2,1-2H3,(H,20,24). The zero-order chi connectivity index (χ0) is 17.5. The summed E-state index contributed by atoms with van der Waals surface area (Å²) in [4.78, 5) is 25.9. The van der Waals surface area contributed by atoms with Crippen LogP contribution < -0.4 is 5.32 Å². The summed E-state index contributed by atoms with van der Waals surface area (Å²) >= 11 is 0. The number of amides is 3. The summed E-state index contributed by atoms with van der Waals surface area (Å²) in [5.41, 5.74) is -0.0949. The molecule has 3 rings (SSSR count). The van der Waals surface area contributed by atoms with Crippen molar-refractivity contribution in [2.75, 3.05) is 6.54 Å². The first-order valence-corrected chi connectivity index (χ1v) is 7.38. The van der Waals surface area contributed by atoms with Gasteiger partial charge in [-0.25, -0.2) is 13.6 Å². The fourth-order valence-corrected chi connectivity index (χ4v) is 2.71. The van der Waals surface area contributed by atoms with Gasteiger partial charge in [0, 0.05) is 25.4 Å². The third kappa shape index (κ3) is 2.64. The van der Waals surface area contributed by atoms with E-state index in [4.69, 9.17) is 0 Å². The predicted octanol–water partition coefficient (Wildman–Crippen LogP) is 1.71. The number of urea groups is 1. The molecule has 0 bridgehead atoms. The number of benzene rings is 1. The van der Waals surface area contributed by atoms with Crippen molar-refractivity contribution in [3.05, 3.63) is 53.4 Å². The van der Waals surface area contributed by atoms with Crippen molar-refractivity contribution in [1.82, 2.24) is 20.0 Å². The Labute approximate surface area is 137 Å². The molecule has 1 aliphatic rings. The van der Waals surface area contributed by atoms with Crippen molar-refractivity contribution in [2.45, 2.75) is 18.9 Å². The van der Waals surface area contributed by atoms with Gasteiger partial charge >= 0.3 is 6.03 Å². The first kappa shape index (κ1) is 16.1. The predicted molar refractivity (Wildman–Crippen MR) is 80.9 cm³/mol. The molecule has 2 heterocycles. The van der Waals surface area contributed by atoms with Gasteiger partial charge < -0.3 is 5.32 Å². The number of aryl methyl sites for hydroxylation is 1. The first-order valence-electron chi connectivity index (χ1n) is 7.38. The Morgan fingerprint density at radius 3 is 2.62 bits per heavy atom. The molecule has 1 aliphatic heterocycles. The number of carbonyl (C=O) groups excluding carboxylic acids is 2. The summed E-state index contributed by atoms with van der Waals surface area (Å²) in [7, 11) is 1.72. The summed E-state index contributed by atoms with van der Waals surface area (Å²) in [6.07, 6.45) is 3.42. The maximum absolute atomic E-state index is 13.2. The highest BCUT2D eigenvalue weighted by atomic mass is 19.2. The van der Waals surface area contributed by atoms with Crippen molar-refractivity contribution in [1.29, 1.82) is 0 Å². The highest BCUT2D eigenvalue weighted by molar-refractivity contribution is 6.07. The fourth-order valence-electron chi connectivity index (χ4n) is 2.71. The number of nitrogens with zero attached hydrogens (tertiary/aromatic N) is 3. The number of imide groups is 1. The van der Waals surface area contributed by atoms with Gasteiger partial charge in [0.25, 0.3) is 5.91 Å². The minimum Gasteiger partial charge on any atom is -0.319 e. The van der Waals surface area contributed by atoms with Crippen LogP contribution in [0.15, 0.2) is 30.6 Å². The Kier molecular flexibility index (Phi) is 3.82. The number of aromatic nitrogens is 2. The maximum atomic E-state index is 13.2. The smallest absolute Gasteiger partial charge is 0.319 e. The Bertz CT molecular complexity index is 820. The van der Waals surface area contributed by atoms with Crippen LogP contribution in [0.25, 0.3) is 0 Å². The normalized spacial score (nSPS) is 20.6. The van der Waals surface area contributed by atoms with Crippen LogP contribution in [0.3, 0.4) is 0 Å². The quantitative estimate of drug-likeness (QED) is 0.866.